The summed E-state index contributed by atoms with van der Waals surface area (Å²) in [4.78, 5) is 0. The Morgan fingerprint density at radius 1 is 0.733 bits per heavy atom. The Labute approximate surface area is 172 Å². The Morgan fingerprint density at radius 2 is 1.50 bits per heavy atom. The van der Waals surface area contributed by atoms with Gasteiger partial charge in [-0.25, -0.2) is 4.39 Å². The van der Waals surface area contributed by atoms with Gasteiger partial charge in [-0.2, -0.15) is 0 Å². The molecular formula is C27H17FO2. The van der Waals surface area contributed by atoms with Gasteiger partial charge in [0.25, 0.3) is 0 Å². The van der Waals surface area contributed by atoms with E-state index in [-0.39, 0.29) is 5.82 Å². The summed E-state index contributed by atoms with van der Waals surface area (Å²) in [5.41, 5.74) is 0.944. The van der Waals surface area contributed by atoms with E-state index in [4.69, 9.17) is 9.15 Å². The van der Waals surface area contributed by atoms with E-state index in [0.29, 0.717) is 17.1 Å². The van der Waals surface area contributed by atoms with Crippen LogP contribution in [-0.4, -0.2) is 0 Å². The fourth-order valence-corrected chi connectivity index (χ4v) is 4.28. The fraction of sp³-hybridized carbons (Fsp3) is 0.0370. The van der Waals surface area contributed by atoms with Crippen LogP contribution in [0.4, 0.5) is 4.39 Å². The van der Waals surface area contributed by atoms with Crippen molar-refractivity contribution < 1.29 is 13.5 Å². The number of para-hydroxylation sites is 1. The molecule has 2 nitrogen and oxygen atoms in total. The monoisotopic (exact) mass is 392 g/mol. The van der Waals surface area contributed by atoms with Gasteiger partial charge < -0.3 is 9.15 Å². The van der Waals surface area contributed by atoms with Crippen molar-refractivity contribution in [2.75, 3.05) is 0 Å². The molecule has 1 aliphatic rings. The normalized spacial score (nSPS) is 17.8. The lowest BCUT2D eigenvalue weighted by atomic mass is 9.86. The standard InChI is InChI=1S/C27H17FO2/c28-23-11-5-4-10-22(23)27(26-17-19-8-2-6-12-24(19)29-26)16-15-21-20-9-3-1-7-18(20)13-14-25(21)30-27/h1-17H. The summed E-state index contributed by atoms with van der Waals surface area (Å²) in [5, 5.41) is 3.18. The molecule has 4 aromatic carbocycles. The maximum Gasteiger partial charge on any atom is 0.212 e. The van der Waals surface area contributed by atoms with Gasteiger partial charge >= 0.3 is 0 Å². The zero-order chi connectivity index (χ0) is 20.1. The van der Waals surface area contributed by atoms with Crippen LogP contribution in [0.25, 0.3) is 27.8 Å². The number of halogens is 1. The fourth-order valence-electron chi connectivity index (χ4n) is 4.28. The first-order chi connectivity index (χ1) is 14.7. The predicted molar refractivity (Wildman–Crippen MR) is 117 cm³/mol. The van der Waals surface area contributed by atoms with E-state index in [9.17, 15) is 0 Å². The average Bonchev–Trinajstić information content (AvgIpc) is 3.24. The summed E-state index contributed by atoms with van der Waals surface area (Å²) in [5.74, 6) is 0.899. The van der Waals surface area contributed by atoms with E-state index in [0.717, 1.165) is 27.3 Å². The van der Waals surface area contributed by atoms with E-state index >= 15 is 4.39 Å². The van der Waals surface area contributed by atoms with E-state index in [2.05, 4.69) is 12.1 Å². The summed E-state index contributed by atoms with van der Waals surface area (Å²) in [6.45, 7) is 0. The number of furan rings is 1. The topological polar surface area (TPSA) is 22.4 Å². The molecule has 0 saturated heterocycles. The van der Waals surface area contributed by atoms with Crippen LogP contribution in [0.5, 0.6) is 5.75 Å². The third kappa shape index (κ3) is 2.42. The minimum atomic E-state index is -1.19. The lowest BCUT2D eigenvalue weighted by molar-refractivity contribution is 0.131. The van der Waals surface area contributed by atoms with Crippen molar-refractivity contribution in [3.63, 3.8) is 0 Å². The molecule has 0 aliphatic carbocycles. The van der Waals surface area contributed by atoms with E-state index in [1.54, 1.807) is 12.1 Å². The number of hydrogen-bond acceptors (Lipinski definition) is 2. The van der Waals surface area contributed by atoms with Gasteiger partial charge in [0, 0.05) is 16.5 Å². The SMILES string of the molecule is Fc1ccccc1C1(c2cc3ccccc3o2)C=Cc2c(ccc3ccccc23)O1. The molecule has 30 heavy (non-hydrogen) atoms. The number of fused-ring (bicyclic) bond motifs is 4. The van der Waals surface area contributed by atoms with Crippen LogP contribution >= 0.6 is 0 Å². The molecule has 0 saturated carbocycles. The van der Waals surface area contributed by atoms with Gasteiger partial charge in [0.15, 0.2) is 5.76 Å². The van der Waals surface area contributed by atoms with Crippen LogP contribution in [0.15, 0.2) is 101 Å². The Hall–Kier alpha value is -3.85. The quantitative estimate of drug-likeness (QED) is 0.320. The van der Waals surface area contributed by atoms with Gasteiger partial charge in [0.2, 0.25) is 5.60 Å². The molecule has 1 aromatic heterocycles. The summed E-state index contributed by atoms with van der Waals surface area (Å²) >= 11 is 0. The zero-order valence-corrected chi connectivity index (χ0v) is 16.0. The highest BCUT2D eigenvalue weighted by Crippen LogP contribution is 2.45. The van der Waals surface area contributed by atoms with Crippen molar-refractivity contribution in [2.24, 2.45) is 0 Å². The summed E-state index contributed by atoms with van der Waals surface area (Å²) < 4.78 is 27.8. The lowest BCUT2D eigenvalue weighted by Crippen LogP contribution is -2.34. The molecule has 1 aliphatic heterocycles. The molecule has 2 heterocycles. The van der Waals surface area contributed by atoms with Crippen molar-refractivity contribution in [3.8, 4) is 5.75 Å². The largest absolute Gasteiger partial charge is 0.470 e. The molecule has 0 N–H and O–H groups in total. The average molecular weight is 392 g/mol. The Bertz CT molecular complexity index is 1410. The zero-order valence-electron chi connectivity index (χ0n) is 16.0. The number of benzene rings is 4. The molecule has 6 rings (SSSR count). The van der Waals surface area contributed by atoms with Crippen LogP contribution < -0.4 is 4.74 Å². The first-order valence-corrected chi connectivity index (χ1v) is 9.89. The van der Waals surface area contributed by atoms with E-state index in [1.807, 2.05) is 72.8 Å². The second-order valence-electron chi connectivity index (χ2n) is 7.50. The third-order valence-electron chi connectivity index (χ3n) is 5.75. The molecule has 0 bridgehead atoms. The second-order valence-corrected chi connectivity index (χ2v) is 7.50. The molecule has 1 unspecified atom stereocenters. The van der Waals surface area contributed by atoms with Gasteiger partial charge in [-0.15, -0.1) is 0 Å². The van der Waals surface area contributed by atoms with Gasteiger partial charge in [0.1, 0.15) is 17.1 Å². The molecular weight excluding hydrogens is 375 g/mol. The predicted octanol–water partition coefficient (Wildman–Crippen LogP) is 7.07. The Balaban J connectivity index is 1.63. The maximum absolute atomic E-state index is 15.0. The molecule has 5 aromatic rings. The van der Waals surface area contributed by atoms with Gasteiger partial charge in [0.05, 0.1) is 0 Å². The lowest BCUT2D eigenvalue weighted by Gasteiger charge is -2.34. The van der Waals surface area contributed by atoms with Crippen LogP contribution in [-0.2, 0) is 5.60 Å². The van der Waals surface area contributed by atoms with Gasteiger partial charge in [-0.1, -0.05) is 66.7 Å². The minimum Gasteiger partial charge on any atom is -0.470 e. The molecule has 0 radical (unpaired) electrons. The van der Waals surface area contributed by atoms with Crippen LogP contribution in [0.1, 0.15) is 16.9 Å². The molecule has 0 amide bonds. The van der Waals surface area contributed by atoms with Gasteiger partial charge in [-0.3, -0.25) is 0 Å². The highest BCUT2D eigenvalue weighted by Gasteiger charge is 2.42. The first-order valence-electron chi connectivity index (χ1n) is 9.89. The van der Waals surface area contributed by atoms with E-state index in [1.165, 1.54) is 6.07 Å². The smallest absolute Gasteiger partial charge is 0.212 e. The number of hydrogen-bond donors (Lipinski definition) is 0. The second kappa shape index (κ2) is 6.33. The maximum atomic E-state index is 15.0. The van der Waals surface area contributed by atoms with Crippen molar-refractivity contribution in [3.05, 3.63) is 120 Å². The molecule has 0 fully saturated rings. The van der Waals surface area contributed by atoms with Crippen LogP contribution in [0, 0.1) is 5.82 Å². The van der Waals surface area contributed by atoms with E-state index < -0.39 is 5.60 Å². The van der Waals surface area contributed by atoms with Crippen molar-refractivity contribution in [1.82, 2.24) is 0 Å². The highest BCUT2D eigenvalue weighted by molar-refractivity contribution is 5.94. The van der Waals surface area contributed by atoms with Crippen molar-refractivity contribution in [1.29, 1.82) is 0 Å². The summed E-state index contributed by atoms with van der Waals surface area (Å²) in [6, 6.07) is 28.5. The molecule has 1 atom stereocenters. The third-order valence-corrected chi connectivity index (χ3v) is 5.75. The summed E-state index contributed by atoms with van der Waals surface area (Å²) in [7, 11) is 0. The Morgan fingerprint density at radius 3 is 2.37 bits per heavy atom. The highest BCUT2D eigenvalue weighted by atomic mass is 19.1. The number of rotatable bonds is 2. The van der Waals surface area contributed by atoms with Crippen molar-refractivity contribution in [2.45, 2.75) is 5.60 Å². The van der Waals surface area contributed by atoms with Crippen molar-refractivity contribution >= 4 is 27.8 Å². The van der Waals surface area contributed by atoms with Crippen LogP contribution in [0.2, 0.25) is 0 Å². The molecule has 0 spiro atoms. The van der Waals surface area contributed by atoms with Gasteiger partial charge in [-0.05, 0) is 47.2 Å². The van der Waals surface area contributed by atoms with Crippen LogP contribution in [0.3, 0.4) is 0 Å². The number of ether oxygens (including phenoxy) is 1. The minimum absolute atomic E-state index is 0.341. The molecule has 144 valence electrons. The first kappa shape index (κ1) is 17.0. The molecule has 3 heteroatoms. The summed E-state index contributed by atoms with van der Waals surface area (Å²) in [6.07, 6.45) is 3.92. The Kier molecular flexibility index (Phi) is 3.59.